The summed E-state index contributed by atoms with van der Waals surface area (Å²) >= 11 is 1.40. The van der Waals surface area contributed by atoms with Gasteiger partial charge in [-0.3, -0.25) is 28.9 Å². The number of carbonyl (C=O) groups is 3. The number of aryl methyl sites for hydroxylation is 1. The van der Waals surface area contributed by atoms with Crippen molar-refractivity contribution in [1.29, 1.82) is 0 Å². The fourth-order valence-corrected chi connectivity index (χ4v) is 5.51. The zero-order valence-corrected chi connectivity index (χ0v) is 22.4. The van der Waals surface area contributed by atoms with E-state index < -0.39 is 0 Å². The molecular formula is C25H29N9O3S. The standard InChI is InChI=1S/C25H29N9O3S/c1-15-19(5-17(7-27-15)30-22(36)11-32-13-25(2,3)14-32)31-23(37)18-8-29-34-10-20(38-24(18)34)16-6-28-33(9-16)12-21(35)26-4/h5-10H,11-14H2,1-4H3,(H,26,35)(H,30,36)(H,31,37). The molecule has 0 radical (unpaired) electrons. The Morgan fingerprint density at radius 1 is 1.03 bits per heavy atom. The van der Waals surface area contributed by atoms with Crippen molar-refractivity contribution in [2.24, 2.45) is 5.41 Å². The van der Waals surface area contributed by atoms with E-state index in [4.69, 9.17) is 0 Å². The van der Waals surface area contributed by atoms with Crippen LogP contribution in [0.15, 0.2) is 37.1 Å². The van der Waals surface area contributed by atoms with Crippen LogP contribution in [0, 0.1) is 12.3 Å². The van der Waals surface area contributed by atoms with Crippen LogP contribution >= 0.6 is 11.3 Å². The van der Waals surface area contributed by atoms with E-state index in [2.05, 4.69) is 49.9 Å². The van der Waals surface area contributed by atoms with Gasteiger partial charge in [0.15, 0.2) is 0 Å². The molecule has 12 nitrogen and oxygen atoms in total. The molecule has 5 heterocycles. The molecule has 1 fully saturated rings. The Hall–Kier alpha value is -4.10. The van der Waals surface area contributed by atoms with Crippen molar-refractivity contribution in [3.05, 3.63) is 48.3 Å². The third-order valence-electron chi connectivity index (χ3n) is 6.23. The zero-order chi connectivity index (χ0) is 27.0. The Balaban J connectivity index is 1.27. The van der Waals surface area contributed by atoms with E-state index in [0.29, 0.717) is 34.0 Å². The number of nitrogens with one attached hydrogen (secondary N) is 3. The largest absolute Gasteiger partial charge is 0.358 e. The third kappa shape index (κ3) is 5.43. The second-order valence-corrected chi connectivity index (χ2v) is 11.2. The van der Waals surface area contributed by atoms with Crippen LogP contribution < -0.4 is 16.0 Å². The maximum atomic E-state index is 13.2. The number of nitrogens with zero attached hydrogens (tertiary/aromatic N) is 6. The van der Waals surface area contributed by atoms with Gasteiger partial charge in [0.2, 0.25) is 11.8 Å². The van der Waals surface area contributed by atoms with Gasteiger partial charge in [0.25, 0.3) is 5.91 Å². The van der Waals surface area contributed by atoms with Crippen LogP contribution in [0.1, 0.15) is 29.9 Å². The molecule has 1 aliphatic rings. The number of hydrogen-bond donors (Lipinski definition) is 3. The van der Waals surface area contributed by atoms with Crippen LogP contribution in [-0.4, -0.2) is 73.7 Å². The quantitative estimate of drug-likeness (QED) is 0.315. The molecule has 4 aromatic heterocycles. The SMILES string of the molecule is CNC(=O)Cn1cc(-c2cn3ncc(C(=O)Nc4cc(NC(=O)CN5CC(C)(C)C5)cnc4C)c3s2)cn1. The van der Waals surface area contributed by atoms with Crippen LogP contribution in [-0.2, 0) is 16.1 Å². The zero-order valence-electron chi connectivity index (χ0n) is 21.6. The fourth-order valence-electron chi connectivity index (χ4n) is 4.48. The van der Waals surface area contributed by atoms with E-state index in [1.54, 1.807) is 47.8 Å². The minimum atomic E-state index is -0.333. The fraction of sp³-hybridized carbons (Fsp3) is 0.360. The lowest BCUT2D eigenvalue weighted by Crippen LogP contribution is -2.54. The first-order valence-electron chi connectivity index (χ1n) is 12.1. The molecule has 1 saturated heterocycles. The molecule has 1 aliphatic heterocycles. The molecular weight excluding hydrogens is 506 g/mol. The van der Waals surface area contributed by atoms with Crippen molar-refractivity contribution >= 4 is 45.3 Å². The van der Waals surface area contributed by atoms with E-state index in [-0.39, 0.29) is 29.7 Å². The first kappa shape index (κ1) is 25.5. The number of hydrogen-bond acceptors (Lipinski definition) is 8. The summed E-state index contributed by atoms with van der Waals surface area (Å²) in [5, 5.41) is 16.9. The van der Waals surface area contributed by atoms with Gasteiger partial charge in [-0.2, -0.15) is 10.2 Å². The summed E-state index contributed by atoms with van der Waals surface area (Å²) in [5.74, 6) is -0.598. The van der Waals surface area contributed by atoms with Gasteiger partial charge in [-0.05, 0) is 18.4 Å². The molecule has 0 aliphatic carbocycles. The van der Waals surface area contributed by atoms with Crippen LogP contribution in [0.2, 0.25) is 0 Å². The highest BCUT2D eigenvalue weighted by atomic mass is 32.1. The summed E-state index contributed by atoms with van der Waals surface area (Å²) in [6, 6.07) is 1.71. The van der Waals surface area contributed by atoms with Crippen molar-refractivity contribution in [2.45, 2.75) is 27.3 Å². The Labute approximate surface area is 223 Å². The molecule has 0 bridgehead atoms. The normalized spacial score (nSPS) is 14.7. The molecule has 0 atom stereocenters. The first-order valence-corrected chi connectivity index (χ1v) is 12.9. The number of likely N-dealkylation sites (tertiary alicyclic amines) is 1. The monoisotopic (exact) mass is 535 g/mol. The summed E-state index contributed by atoms with van der Waals surface area (Å²) in [6.45, 7) is 8.35. The van der Waals surface area contributed by atoms with Crippen LogP contribution in [0.3, 0.4) is 0 Å². The number of anilines is 2. The van der Waals surface area contributed by atoms with Crippen LogP contribution in [0.5, 0.6) is 0 Å². The van der Waals surface area contributed by atoms with Gasteiger partial charge in [-0.1, -0.05) is 13.8 Å². The summed E-state index contributed by atoms with van der Waals surface area (Å²) in [7, 11) is 1.58. The smallest absolute Gasteiger partial charge is 0.260 e. The van der Waals surface area contributed by atoms with Crippen molar-refractivity contribution in [1.82, 2.24) is 34.6 Å². The molecule has 0 unspecified atom stereocenters. The van der Waals surface area contributed by atoms with Crippen LogP contribution in [0.4, 0.5) is 11.4 Å². The molecule has 5 rings (SSSR count). The molecule has 0 saturated carbocycles. The van der Waals surface area contributed by atoms with Gasteiger partial charge < -0.3 is 16.0 Å². The number of aromatic nitrogens is 5. The van der Waals surface area contributed by atoms with Gasteiger partial charge in [0.1, 0.15) is 11.4 Å². The molecule has 4 aromatic rings. The number of pyridine rings is 1. The Morgan fingerprint density at radius 3 is 2.55 bits per heavy atom. The minimum absolute atomic E-state index is 0.119. The number of rotatable bonds is 8. The Kier molecular flexibility index (Phi) is 6.71. The molecule has 13 heteroatoms. The highest BCUT2D eigenvalue weighted by Gasteiger charge is 2.34. The molecule has 0 aromatic carbocycles. The first-order chi connectivity index (χ1) is 18.1. The Morgan fingerprint density at radius 2 is 1.82 bits per heavy atom. The molecule has 38 heavy (non-hydrogen) atoms. The molecule has 198 valence electrons. The lowest BCUT2D eigenvalue weighted by atomic mass is 9.84. The summed E-state index contributed by atoms with van der Waals surface area (Å²) in [5.41, 5.74) is 3.13. The van der Waals surface area contributed by atoms with Crippen molar-refractivity contribution < 1.29 is 14.4 Å². The minimum Gasteiger partial charge on any atom is -0.358 e. The number of amides is 3. The van der Waals surface area contributed by atoms with Crippen molar-refractivity contribution in [2.75, 3.05) is 37.3 Å². The highest BCUT2D eigenvalue weighted by Crippen LogP contribution is 2.31. The van der Waals surface area contributed by atoms with Gasteiger partial charge in [0.05, 0.1) is 52.6 Å². The predicted molar refractivity (Wildman–Crippen MR) is 144 cm³/mol. The summed E-state index contributed by atoms with van der Waals surface area (Å²) in [4.78, 5) is 45.2. The van der Waals surface area contributed by atoms with Crippen molar-refractivity contribution in [3.63, 3.8) is 0 Å². The van der Waals surface area contributed by atoms with E-state index in [1.165, 1.54) is 17.5 Å². The molecule has 3 N–H and O–H groups in total. The maximum Gasteiger partial charge on any atom is 0.260 e. The summed E-state index contributed by atoms with van der Waals surface area (Å²) in [6.07, 6.45) is 8.36. The van der Waals surface area contributed by atoms with E-state index >= 15 is 0 Å². The van der Waals surface area contributed by atoms with Crippen LogP contribution in [0.25, 0.3) is 15.3 Å². The second kappa shape index (κ2) is 9.99. The van der Waals surface area contributed by atoms with E-state index in [9.17, 15) is 14.4 Å². The number of fused-ring (bicyclic) bond motifs is 1. The lowest BCUT2D eigenvalue weighted by Gasteiger charge is -2.45. The summed E-state index contributed by atoms with van der Waals surface area (Å²) < 4.78 is 3.19. The van der Waals surface area contributed by atoms with Gasteiger partial charge in [-0.25, -0.2) is 4.52 Å². The number of thiazole rings is 1. The van der Waals surface area contributed by atoms with E-state index in [1.807, 2.05) is 6.20 Å². The average molecular weight is 536 g/mol. The lowest BCUT2D eigenvalue weighted by molar-refractivity contribution is -0.121. The number of carbonyl (C=O) groups excluding carboxylic acids is 3. The topological polar surface area (TPSA) is 139 Å². The highest BCUT2D eigenvalue weighted by molar-refractivity contribution is 7.21. The average Bonchev–Trinajstić information content (AvgIpc) is 3.55. The number of likely N-dealkylation sites (N-methyl/N-ethyl adjacent to an activating group) is 1. The van der Waals surface area contributed by atoms with Gasteiger partial charge in [0, 0.05) is 38.1 Å². The van der Waals surface area contributed by atoms with Gasteiger partial charge >= 0.3 is 0 Å². The molecule has 3 amide bonds. The van der Waals surface area contributed by atoms with Crippen molar-refractivity contribution in [3.8, 4) is 10.4 Å². The maximum absolute atomic E-state index is 13.2. The van der Waals surface area contributed by atoms with E-state index in [0.717, 1.165) is 23.5 Å². The Bertz CT molecular complexity index is 1530. The third-order valence-corrected chi connectivity index (χ3v) is 7.39. The predicted octanol–water partition coefficient (Wildman–Crippen LogP) is 2.24. The van der Waals surface area contributed by atoms with Gasteiger partial charge in [-0.15, -0.1) is 11.3 Å². The molecule has 0 spiro atoms. The second-order valence-electron chi connectivity index (χ2n) is 10.2.